The zero-order valence-corrected chi connectivity index (χ0v) is 13.2. The molecular formula is C14H21N3O2S. The molecular weight excluding hydrogens is 274 g/mol. The zero-order chi connectivity index (χ0) is 14.9. The highest BCUT2D eigenvalue weighted by atomic mass is 32.1. The Morgan fingerprint density at radius 1 is 1.30 bits per heavy atom. The number of likely N-dealkylation sites (tertiary alicyclic amines) is 1. The van der Waals surface area contributed by atoms with Gasteiger partial charge in [-0.2, -0.15) is 0 Å². The van der Waals surface area contributed by atoms with Gasteiger partial charge < -0.3 is 15.5 Å². The second-order valence-corrected chi connectivity index (χ2v) is 7.01. The largest absolute Gasteiger partial charge is 0.341 e. The highest BCUT2D eigenvalue weighted by Crippen LogP contribution is 2.36. The van der Waals surface area contributed by atoms with Gasteiger partial charge in [0, 0.05) is 25.0 Å². The van der Waals surface area contributed by atoms with Gasteiger partial charge in [-0.3, -0.25) is 4.79 Å². The summed E-state index contributed by atoms with van der Waals surface area (Å²) in [5, 5.41) is 5.26. The van der Waals surface area contributed by atoms with Crippen LogP contribution in [0.3, 0.4) is 0 Å². The van der Waals surface area contributed by atoms with E-state index in [-0.39, 0.29) is 17.4 Å². The van der Waals surface area contributed by atoms with Crippen LogP contribution >= 0.6 is 11.3 Å². The fourth-order valence-electron chi connectivity index (χ4n) is 1.86. The topological polar surface area (TPSA) is 61.4 Å². The van der Waals surface area contributed by atoms with Crippen molar-refractivity contribution in [3.63, 3.8) is 0 Å². The Hall–Kier alpha value is -1.56. The summed E-state index contributed by atoms with van der Waals surface area (Å²) in [6, 6.07) is 1.60. The van der Waals surface area contributed by atoms with Crippen LogP contribution in [0.2, 0.25) is 0 Å². The van der Waals surface area contributed by atoms with Gasteiger partial charge in [0.25, 0.3) is 5.91 Å². The predicted molar refractivity (Wildman–Crippen MR) is 81.6 cm³/mol. The number of nitrogens with zero attached hydrogens (tertiary/aromatic N) is 1. The number of hydrogen-bond acceptors (Lipinski definition) is 3. The number of nitrogens with one attached hydrogen (secondary N) is 2. The Morgan fingerprint density at radius 3 is 2.40 bits per heavy atom. The summed E-state index contributed by atoms with van der Waals surface area (Å²) in [4.78, 5) is 27.5. The van der Waals surface area contributed by atoms with Gasteiger partial charge in [0.15, 0.2) is 0 Å². The first-order valence-corrected chi connectivity index (χ1v) is 7.57. The molecule has 110 valence electrons. The molecule has 1 fully saturated rings. The Bertz CT molecular complexity index is 527. The van der Waals surface area contributed by atoms with Crippen LogP contribution in [-0.4, -0.2) is 37.0 Å². The molecule has 3 amide bonds. The van der Waals surface area contributed by atoms with Crippen LogP contribution < -0.4 is 10.6 Å². The van der Waals surface area contributed by atoms with Crippen LogP contribution in [0.5, 0.6) is 0 Å². The van der Waals surface area contributed by atoms with Crippen molar-refractivity contribution in [1.82, 2.24) is 10.2 Å². The van der Waals surface area contributed by atoms with Crippen LogP contribution in [0.4, 0.5) is 10.5 Å². The van der Waals surface area contributed by atoms with E-state index in [1.165, 1.54) is 11.3 Å². The van der Waals surface area contributed by atoms with Gasteiger partial charge in [-0.1, -0.05) is 20.8 Å². The van der Waals surface area contributed by atoms with E-state index in [2.05, 4.69) is 31.4 Å². The summed E-state index contributed by atoms with van der Waals surface area (Å²) in [5.74, 6) is 0.0168. The van der Waals surface area contributed by atoms with E-state index in [1.807, 2.05) is 11.0 Å². The van der Waals surface area contributed by atoms with Crippen molar-refractivity contribution in [3.8, 4) is 0 Å². The normalized spacial score (nSPS) is 14.7. The monoisotopic (exact) mass is 295 g/mol. The lowest BCUT2D eigenvalue weighted by Gasteiger charge is -2.30. The summed E-state index contributed by atoms with van der Waals surface area (Å²) >= 11 is 1.47. The highest BCUT2D eigenvalue weighted by Gasteiger charge is 2.28. The number of thiophene rings is 1. The summed E-state index contributed by atoms with van der Waals surface area (Å²) in [5.41, 5.74) is 0.563. The number of carbonyl (C=O) groups is 2. The van der Waals surface area contributed by atoms with E-state index < -0.39 is 0 Å². The van der Waals surface area contributed by atoms with Crippen molar-refractivity contribution in [1.29, 1.82) is 0 Å². The predicted octanol–water partition coefficient (Wildman–Crippen LogP) is 2.64. The van der Waals surface area contributed by atoms with Crippen molar-refractivity contribution < 1.29 is 9.59 Å². The third-order valence-corrected chi connectivity index (χ3v) is 4.83. The molecule has 1 aromatic rings. The van der Waals surface area contributed by atoms with Crippen molar-refractivity contribution in [2.24, 2.45) is 0 Å². The van der Waals surface area contributed by atoms with Gasteiger partial charge in [-0.05, 0) is 17.9 Å². The Balaban J connectivity index is 2.33. The molecule has 20 heavy (non-hydrogen) atoms. The Morgan fingerprint density at radius 2 is 1.95 bits per heavy atom. The number of anilines is 1. The van der Waals surface area contributed by atoms with Crippen LogP contribution in [0.1, 0.15) is 41.7 Å². The van der Waals surface area contributed by atoms with Crippen LogP contribution in [-0.2, 0) is 5.41 Å². The van der Waals surface area contributed by atoms with Gasteiger partial charge in [-0.15, -0.1) is 11.3 Å². The van der Waals surface area contributed by atoms with Crippen molar-refractivity contribution in [2.45, 2.75) is 32.6 Å². The minimum atomic E-state index is -0.305. The fraction of sp³-hybridized carbons (Fsp3) is 0.571. The molecule has 0 aromatic carbocycles. The van der Waals surface area contributed by atoms with E-state index in [4.69, 9.17) is 0 Å². The van der Waals surface area contributed by atoms with Gasteiger partial charge >= 0.3 is 6.03 Å². The van der Waals surface area contributed by atoms with E-state index in [9.17, 15) is 9.59 Å². The zero-order valence-electron chi connectivity index (χ0n) is 12.4. The number of carbonyl (C=O) groups excluding carboxylic acids is 2. The lowest BCUT2D eigenvalue weighted by atomic mass is 9.94. The molecule has 1 saturated heterocycles. The van der Waals surface area contributed by atoms with Crippen molar-refractivity contribution >= 4 is 29.0 Å². The molecule has 1 aliphatic heterocycles. The van der Waals surface area contributed by atoms with Crippen molar-refractivity contribution in [3.05, 3.63) is 15.8 Å². The van der Waals surface area contributed by atoms with Crippen LogP contribution in [0.25, 0.3) is 0 Å². The molecule has 1 aliphatic rings. The SMILES string of the molecule is CNC(=O)Nc1cc(C(C)(C)C)sc1C(=O)N1CCC1. The average molecular weight is 295 g/mol. The number of rotatable bonds is 2. The molecule has 2 N–H and O–H groups in total. The van der Waals surface area contributed by atoms with Gasteiger partial charge in [0.2, 0.25) is 0 Å². The summed E-state index contributed by atoms with van der Waals surface area (Å²) < 4.78 is 0. The first kappa shape index (κ1) is 14.8. The third kappa shape index (κ3) is 2.95. The first-order valence-electron chi connectivity index (χ1n) is 6.75. The molecule has 1 aromatic heterocycles. The van der Waals surface area contributed by atoms with Crippen molar-refractivity contribution in [2.75, 3.05) is 25.5 Å². The standard InChI is InChI=1S/C14H21N3O2S/c1-14(2,3)10-8-9(16-13(19)15-4)11(20-10)12(18)17-6-5-7-17/h8H,5-7H2,1-4H3,(H2,15,16,19). The summed E-state index contributed by atoms with van der Waals surface area (Å²) in [6.45, 7) is 7.91. The third-order valence-electron chi connectivity index (χ3n) is 3.28. The smallest absolute Gasteiger partial charge is 0.319 e. The van der Waals surface area contributed by atoms with Gasteiger partial charge in [-0.25, -0.2) is 4.79 Å². The van der Waals surface area contributed by atoms with Crippen LogP contribution in [0.15, 0.2) is 6.07 Å². The van der Waals surface area contributed by atoms with E-state index in [0.29, 0.717) is 10.6 Å². The quantitative estimate of drug-likeness (QED) is 0.881. The van der Waals surface area contributed by atoms with E-state index in [0.717, 1.165) is 24.4 Å². The molecule has 2 rings (SSSR count). The molecule has 0 aliphatic carbocycles. The minimum Gasteiger partial charge on any atom is -0.341 e. The van der Waals surface area contributed by atoms with Gasteiger partial charge in [0.1, 0.15) is 4.88 Å². The lowest BCUT2D eigenvalue weighted by molar-refractivity contribution is 0.0658. The molecule has 0 spiro atoms. The number of urea groups is 1. The lowest BCUT2D eigenvalue weighted by Crippen LogP contribution is -2.42. The molecule has 0 atom stereocenters. The average Bonchev–Trinajstić information content (AvgIpc) is 2.70. The molecule has 0 radical (unpaired) electrons. The van der Waals surface area contributed by atoms with E-state index in [1.54, 1.807) is 7.05 Å². The molecule has 6 heteroatoms. The van der Waals surface area contributed by atoms with Crippen LogP contribution in [0, 0.1) is 0 Å². The molecule has 0 unspecified atom stereocenters. The van der Waals surface area contributed by atoms with E-state index >= 15 is 0 Å². The second kappa shape index (κ2) is 5.44. The molecule has 2 heterocycles. The first-order chi connectivity index (χ1) is 9.32. The number of amides is 3. The maximum atomic E-state index is 12.4. The Labute approximate surface area is 123 Å². The molecule has 5 nitrogen and oxygen atoms in total. The summed E-state index contributed by atoms with van der Waals surface area (Å²) in [7, 11) is 1.56. The highest BCUT2D eigenvalue weighted by molar-refractivity contribution is 7.14. The number of hydrogen-bond donors (Lipinski definition) is 2. The minimum absolute atomic E-state index is 0.0168. The van der Waals surface area contributed by atoms with Gasteiger partial charge in [0.05, 0.1) is 5.69 Å². The maximum absolute atomic E-state index is 12.4. The molecule has 0 saturated carbocycles. The second-order valence-electron chi connectivity index (χ2n) is 5.95. The Kier molecular flexibility index (Phi) is 4.04. The maximum Gasteiger partial charge on any atom is 0.319 e. The fourth-order valence-corrected chi connectivity index (χ4v) is 3.00. The molecule has 0 bridgehead atoms. The summed E-state index contributed by atoms with van der Waals surface area (Å²) in [6.07, 6.45) is 1.06.